The minimum atomic E-state index is -1.000. The third kappa shape index (κ3) is 3.26. The van der Waals surface area contributed by atoms with Crippen LogP contribution in [0.25, 0.3) is 21.5 Å². The fourth-order valence-corrected chi connectivity index (χ4v) is 5.72. The largest absolute Gasteiger partial charge is 0.273 e. The lowest BCUT2D eigenvalue weighted by molar-refractivity contribution is -0.126. The van der Waals surface area contributed by atoms with Gasteiger partial charge in [0.2, 0.25) is 5.91 Å². The Morgan fingerprint density at radius 1 is 0.649 bits per heavy atom. The summed E-state index contributed by atoms with van der Waals surface area (Å²) < 4.78 is 13.6. The fraction of sp³-hybridized carbons (Fsp3) is 0.0968. The topological polar surface area (TPSA) is 49.9 Å². The molecule has 0 unspecified atom stereocenters. The van der Waals surface area contributed by atoms with E-state index < -0.39 is 29.8 Å². The van der Waals surface area contributed by atoms with E-state index in [2.05, 4.69) is 18.2 Å². The first-order chi connectivity index (χ1) is 18.1. The first kappa shape index (κ1) is 21.7. The number of carbonyl (C=O) groups excluding carboxylic acids is 2. The third-order valence-corrected chi connectivity index (χ3v) is 7.32. The first-order valence-corrected chi connectivity index (χ1v) is 12.2. The van der Waals surface area contributed by atoms with Gasteiger partial charge in [0.15, 0.2) is 6.10 Å². The van der Waals surface area contributed by atoms with Crippen molar-refractivity contribution in [3.05, 3.63) is 121 Å². The molecule has 2 aliphatic rings. The van der Waals surface area contributed by atoms with Crippen molar-refractivity contribution in [3.8, 4) is 0 Å². The summed E-state index contributed by atoms with van der Waals surface area (Å²) in [5.41, 5.74) is 2.03. The van der Waals surface area contributed by atoms with Gasteiger partial charge in [-0.1, -0.05) is 66.7 Å². The smallest absolute Gasteiger partial charge is 0.266 e. The van der Waals surface area contributed by atoms with Crippen LogP contribution in [0.3, 0.4) is 0 Å². The zero-order valence-corrected chi connectivity index (χ0v) is 19.6. The zero-order chi connectivity index (χ0) is 25.1. The van der Waals surface area contributed by atoms with Crippen LogP contribution < -0.4 is 9.96 Å². The van der Waals surface area contributed by atoms with Gasteiger partial charge in [-0.15, -0.1) is 0 Å². The minimum Gasteiger partial charge on any atom is -0.273 e. The number of hydrogen-bond acceptors (Lipinski definition) is 4. The van der Waals surface area contributed by atoms with Gasteiger partial charge in [-0.2, -0.15) is 0 Å². The highest BCUT2D eigenvalue weighted by Gasteiger charge is 2.60. The fourth-order valence-electron chi connectivity index (χ4n) is 5.72. The third-order valence-electron chi connectivity index (χ3n) is 7.32. The van der Waals surface area contributed by atoms with Gasteiger partial charge in [0.05, 0.1) is 17.4 Å². The summed E-state index contributed by atoms with van der Waals surface area (Å²) >= 11 is 0. The predicted molar refractivity (Wildman–Crippen MR) is 140 cm³/mol. The molecular formula is C31H21FN2O3. The van der Waals surface area contributed by atoms with Crippen LogP contribution in [-0.4, -0.2) is 17.9 Å². The minimum absolute atomic E-state index is 0.335. The van der Waals surface area contributed by atoms with Crippen molar-refractivity contribution >= 4 is 44.7 Å². The molecular weight excluding hydrogens is 467 g/mol. The highest BCUT2D eigenvalue weighted by atomic mass is 19.1. The van der Waals surface area contributed by atoms with Gasteiger partial charge >= 0.3 is 0 Å². The van der Waals surface area contributed by atoms with Crippen LogP contribution in [-0.2, 0) is 14.4 Å². The van der Waals surface area contributed by atoms with Crippen molar-refractivity contribution in [1.29, 1.82) is 0 Å². The van der Waals surface area contributed by atoms with E-state index in [1.54, 1.807) is 5.06 Å². The van der Waals surface area contributed by atoms with E-state index in [4.69, 9.17) is 4.84 Å². The Hall–Kier alpha value is -4.55. The number of para-hydroxylation sites is 1. The lowest BCUT2D eigenvalue weighted by Crippen LogP contribution is -2.37. The van der Waals surface area contributed by atoms with Crippen molar-refractivity contribution in [1.82, 2.24) is 0 Å². The summed E-state index contributed by atoms with van der Waals surface area (Å²) in [4.78, 5) is 35.1. The van der Waals surface area contributed by atoms with Gasteiger partial charge in [-0.25, -0.2) is 14.4 Å². The van der Waals surface area contributed by atoms with Gasteiger partial charge in [0.25, 0.3) is 5.91 Å². The first-order valence-electron chi connectivity index (χ1n) is 12.2. The molecule has 0 aromatic heterocycles. The van der Waals surface area contributed by atoms with Crippen molar-refractivity contribution in [2.45, 2.75) is 12.1 Å². The van der Waals surface area contributed by atoms with Gasteiger partial charge in [-0.3, -0.25) is 14.4 Å². The molecule has 2 aliphatic heterocycles. The molecule has 5 aromatic carbocycles. The standard InChI is InChI=1S/C31H21FN2O3/c32-21-14-16-22(17-15-21)33-30(35)27-28(34(37-29(27)31(33)36)23-10-2-1-3-11-23)26-24-12-6-4-8-19(24)18-20-9-5-7-13-25(20)26/h1-18,27-29H/t27-,28+,29+/m1/s1. The molecule has 7 rings (SSSR count). The maximum Gasteiger partial charge on any atom is 0.266 e. The van der Waals surface area contributed by atoms with E-state index in [0.29, 0.717) is 5.69 Å². The number of halogens is 1. The summed E-state index contributed by atoms with van der Waals surface area (Å²) in [5, 5.41) is 5.80. The monoisotopic (exact) mass is 488 g/mol. The number of benzene rings is 5. The van der Waals surface area contributed by atoms with Crippen molar-refractivity contribution in [2.75, 3.05) is 9.96 Å². The quantitative estimate of drug-likeness (QED) is 0.225. The molecule has 0 N–H and O–H groups in total. The highest BCUT2D eigenvalue weighted by molar-refractivity contribution is 6.24. The van der Waals surface area contributed by atoms with E-state index in [9.17, 15) is 14.0 Å². The van der Waals surface area contributed by atoms with Crippen LogP contribution in [0.4, 0.5) is 15.8 Å². The predicted octanol–water partition coefficient (Wildman–Crippen LogP) is 6.18. The molecule has 2 saturated heterocycles. The van der Waals surface area contributed by atoms with Crippen molar-refractivity contribution in [3.63, 3.8) is 0 Å². The molecule has 0 spiro atoms. The van der Waals surface area contributed by atoms with Gasteiger partial charge in [0.1, 0.15) is 11.7 Å². The zero-order valence-electron chi connectivity index (χ0n) is 19.6. The molecule has 0 aliphatic carbocycles. The molecule has 6 heteroatoms. The molecule has 5 nitrogen and oxygen atoms in total. The maximum atomic E-state index is 14.0. The van der Waals surface area contributed by atoms with Crippen LogP contribution in [0.2, 0.25) is 0 Å². The Kier molecular flexibility index (Phi) is 4.84. The molecule has 3 atom stereocenters. The van der Waals surface area contributed by atoms with E-state index in [1.165, 1.54) is 24.3 Å². The Balaban J connectivity index is 1.47. The number of fused-ring (bicyclic) bond motifs is 3. The number of imide groups is 1. The van der Waals surface area contributed by atoms with Crippen LogP contribution in [0, 0.1) is 11.7 Å². The number of nitrogens with zero attached hydrogens (tertiary/aromatic N) is 2. The van der Waals surface area contributed by atoms with E-state index in [-0.39, 0.29) is 5.91 Å². The second-order valence-corrected chi connectivity index (χ2v) is 9.38. The van der Waals surface area contributed by atoms with Crippen LogP contribution in [0.15, 0.2) is 109 Å². The van der Waals surface area contributed by atoms with Crippen molar-refractivity contribution < 1.29 is 18.8 Å². The summed E-state index contributed by atoms with van der Waals surface area (Å²) in [5.74, 6) is -2.03. The Labute approximate surface area is 212 Å². The Morgan fingerprint density at radius 3 is 1.89 bits per heavy atom. The lowest BCUT2D eigenvalue weighted by atomic mass is 9.84. The Bertz CT molecular complexity index is 1630. The van der Waals surface area contributed by atoms with Crippen LogP contribution >= 0.6 is 0 Å². The molecule has 5 aromatic rings. The second-order valence-electron chi connectivity index (χ2n) is 9.38. The van der Waals surface area contributed by atoms with Crippen LogP contribution in [0.5, 0.6) is 0 Å². The number of carbonyl (C=O) groups is 2. The number of hydroxylamine groups is 1. The van der Waals surface area contributed by atoms with Gasteiger partial charge < -0.3 is 0 Å². The van der Waals surface area contributed by atoms with Crippen molar-refractivity contribution in [2.24, 2.45) is 5.92 Å². The van der Waals surface area contributed by atoms with Crippen LogP contribution in [0.1, 0.15) is 11.6 Å². The normalized spacial score (nSPS) is 21.3. The molecule has 180 valence electrons. The summed E-state index contributed by atoms with van der Waals surface area (Å²) in [7, 11) is 0. The Morgan fingerprint density at radius 2 is 1.24 bits per heavy atom. The summed E-state index contributed by atoms with van der Waals surface area (Å²) in [6, 6.07) is 32.6. The molecule has 2 amide bonds. The average molecular weight is 489 g/mol. The molecule has 0 radical (unpaired) electrons. The lowest BCUT2D eigenvalue weighted by Gasteiger charge is -2.30. The molecule has 2 heterocycles. The SMILES string of the molecule is O=C1[C@H]2[C@H](ON(c3ccccc3)[C@H]2c2c3ccccc3cc3ccccc23)C(=O)N1c1ccc(F)cc1. The maximum absolute atomic E-state index is 14.0. The number of hydrogen-bond donors (Lipinski definition) is 0. The number of rotatable bonds is 3. The highest BCUT2D eigenvalue weighted by Crippen LogP contribution is 2.50. The second kappa shape index (κ2) is 8.25. The van der Waals surface area contributed by atoms with Gasteiger partial charge in [0, 0.05) is 0 Å². The number of anilines is 2. The summed E-state index contributed by atoms with van der Waals surface area (Å²) in [6.45, 7) is 0. The molecule has 0 saturated carbocycles. The van der Waals surface area contributed by atoms with Gasteiger partial charge in [-0.05, 0) is 69.6 Å². The van der Waals surface area contributed by atoms with E-state index >= 15 is 0 Å². The van der Waals surface area contributed by atoms with E-state index in [1.807, 2.05) is 66.7 Å². The molecule has 37 heavy (non-hydrogen) atoms. The average Bonchev–Trinajstić information content (AvgIpc) is 3.44. The molecule has 2 fully saturated rings. The van der Waals surface area contributed by atoms with E-state index in [0.717, 1.165) is 37.7 Å². The number of amides is 2. The summed E-state index contributed by atoms with van der Waals surface area (Å²) in [6.07, 6.45) is -1.000. The molecule has 0 bridgehead atoms.